The molecule has 0 aliphatic carbocycles. The molecule has 0 spiro atoms. The average molecular weight is 560 g/mol. The summed E-state index contributed by atoms with van der Waals surface area (Å²) in [5, 5.41) is 23.8. The molecule has 2 aromatic carbocycles. The Balaban J connectivity index is 1.19. The number of benzene rings is 2. The van der Waals surface area contributed by atoms with E-state index < -0.39 is 5.97 Å². The smallest absolute Gasteiger partial charge is 0.357 e. The van der Waals surface area contributed by atoms with Gasteiger partial charge in [0, 0.05) is 20.0 Å². The van der Waals surface area contributed by atoms with Crippen molar-refractivity contribution in [3.63, 3.8) is 0 Å². The first-order chi connectivity index (χ1) is 18.9. The molecule has 0 unspecified atom stereocenters. The Morgan fingerprint density at radius 1 is 1.10 bits per heavy atom. The van der Waals surface area contributed by atoms with Crippen LogP contribution in [0.1, 0.15) is 22.5 Å². The van der Waals surface area contributed by atoms with Crippen LogP contribution < -0.4 is 19.9 Å². The molecule has 0 amide bonds. The van der Waals surface area contributed by atoms with Gasteiger partial charge in [-0.2, -0.15) is 0 Å². The molecule has 3 aromatic heterocycles. The number of anilines is 5. The van der Waals surface area contributed by atoms with Gasteiger partial charge in [0.1, 0.15) is 16.9 Å². The normalized spacial score (nSPS) is 15.0. The Labute approximate surface area is 232 Å². The number of para-hydroxylation sites is 2. The molecular formula is C27H25N7O3S2. The van der Waals surface area contributed by atoms with E-state index in [4.69, 9.17) is 4.74 Å². The van der Waals surface area contributed by atoms with Gasteiger partial charge in [0.05, 0.1) is 16.8 Å². The highest BCUT2D eigenvalue weighted by atomic mass is 32.1. The van der Waals surface area contributed by atoms with E-state index in [1.165, 1.54) is 11.3 Å². The van der Waals surface area contributed by atoms with Crippen LogP contribution in [-0.4, -0.2) is 57.5 Å². The third-order valence-corrected chi connectivity index (χ3v) is 8.54. The lowest BCUT2D eigenvalue weighted by Gasteiger charge is -2.18. The molecule has 0 saturated carbocycles. The second-order valence-electron chi connectivity index (χ2n) is 9.15. The maximum atomic E-state index is 12.1. The minimum atomic E-state index is -1.06. The second-order valence-corrected chi connectivity index (χ2v) is 11.1. The van der Waals surface area contributed by atoms with Crippen molar-refractivity contribution >= 4 is 65.8 Å². The Hall–Kier alpha value is -4.29. The van der Waals surface area contributed by atoms with Crippen LogP contribution in [0.15, 0.2) is 60.7 Å². The van der Waals surface area contributed by atoms with Gasteiger partial charge < -0.3 is 25.0 Å². The lowest BCUT2D eigenvalue weighted by atomic mass is 10.3. The number of rotatable bonds is 8. The van der Waals surface area contributed by atoms with E-state index >= 15 is 0 Å². The van der Waals surface area contributed by atoms with Crippen LogP contribution in [0.4, 0.5) is 26.9 Å². The molecule has 4 heterocycles. The van der Waals surface area contributed by atoms with Gasteiger partial charge >= 0.3 is 5.97 Å². The van der Waals surface area contributed by atoms with E-state index in [2.05, 4.69) is 25.5 Å². The van der Waals surface area contributed by atoms with Crippen LogP contribution in [0.5, 0.6) is 5.75 Å². The van der Waals surface area contributed by atoms with Crippen LogP contribution in [0, 0.1) is 6.92 Å². The van der Waals surface area contributed by atoms with Gasteiger partial charge in [-0.1, -0.05) is 53.0 Å². The van der Waals surface area contributed by atoms with Gasteiger partial charge in [0.25, 0.3) is 0 Å². The van der Waals surface area contributed by atoms with Gasteiger partial charge in [-0.15, -0.1) is 10.2 Å². The summed E-state index contributed by atoms with van der Waals surface area (Å²) in [6.07, 6.45) is 0.770. The largest absolute Gasteiger partial charge is 0.489 e. The predicted molar refractivity (Wildman–Crippen MR) is 154 cm³/mol. The lowest BCUT2D eigenvalue weighted by molar-refractivity contribution is 0.0692. The number of hydrogen-bond donors (Lipinski definition) is 2. The van der Waals surface area contributed by atoms with Crippen LogP contribution in [-0.2, 0) is 0 Å². The molecular weight excluding hydrogens is 534 g/mol. The van der Waals surface area contributed by atoms with Crippen molar-refractivity contribution in [2.45, 2.75) is 19.4 Å². The molecule has 0 bridgehead atoms. The molecule has 1 atom stereocenters. The molecule has 0 radical (unpaired) electrons. The Bertz CT molecular complexity index is 1610. The highest BCUT2D eigenvalue weighted by Crippen LogP contribution is 2.38. The molecule has 12 heteroatoms. The molecule has 6 rings (SSSR count). The maximum absolute atomic E-state index is 12.1. The van der Waals surface area contributed by atoms with Gasteiger partial charge in [0.15, 0.2) is 27.6 Å². The predicted octanol–water partition coefficient (Wildman–Crippen LogP) is 5.72. The number of aryl methyl sites for hydroxylation is 1. The fourth-order valence-corrected chi connectivity index (χ4v) is 6.31. The Morgan fingerprint density at radius 3 is 2.67 bits per heavy atom. The molecule has 10 nitrogen and oxygen atoms in total. The number of carboxylic acid groups (broad SMARTS) is 1. The van der Waals surface area contributed by atoms with Crippen molar-refractivity contribution in [1.29, 1.82) is 0 Å². The number of carbonyl (C=O) groups is 1. The van der Waals surface area contributed by atoms with Crippen LogP contribution in [0.2, 0.25) is 0 Å². The summed E-state index contributed by atoms with van der Waals surface area (Å²) in [5.74, 6) is 0.915. The number of aromatic carboxylic acids is 1. The molecule has 1 aliphatic heterocycles. The summed E-state index contributed by atoms with van der Waals surface area (Å²) in [6, 6.07) is 19.5. The van der Waals surface area contributed by atoms with Crippen molar-refractivity contribution in [1.82, 2.24) is 20.2 Å². The SMILES string of the molecule is Cc1cc(N(C)c2nc(C(=O)O)c(N3CC[C@H](Oc4ccccc4)C3)s2)nnc1Nc1nc2ccccc2s1. The summed E-state index contributed by atoms with van der Waals surface area (Å²) >= 11 is 2.87. The first kappa shape index (κ1) is 25.0. The second kappa shape index (κ2) is 10.5. The molecule has 2 N–H and O–H groups in total. The Kier molecular flexibility index (Phi) is 6.71. The zero-order chi connectivity index (χ0) is 26.9. The summed E-state index contributed by atoms with van der Waals surface area (Å²) in [6.45, 7) is 3.22. The van der Waals surface area contributed by atoms with Crippen molar-refractivity contribution in [2.24, 2.45) is 0 Å². The highest BCUT2D eigenvalue weighted by molar-refractivity contribution is 7.22. The lowest BCUT2D eigenvalue weighted by Crippen LogP contribution is -2.25. The van der Waals surface area contributed by atoms with Crippen molar-refractivity contribution in [3.05, 3.63) is 71.9 Å². The fraction of sp³-hybridized carbons (Fsp3) is 0.222. The van der Waals surface area contributed by atoms with E-state index in [9.17, 15) is 9.90 Å². The van der Waals surface area contributed by atoms with Crippen LogP contribution in [0.25, 0.3) is 10.2 Å². The molecule has 1 saturated heterocycles. The number of aromatic nitrogens is 4. The molecule has 5 aromatic rings. The maximum Gasteiger partial charge on any atom is 0.357 e. The van der Waals surface area contributed by atoms with E-state index in [1.54, 1.807) is 16.2 Å². The first-order valence-electron chi connectivity index (χ1n) is 12.4. The fourth-order valence-electron chi connectivity index (χ4n) is 4.38. The monoisotopic (exact) mass is 559 g/mol. The number of fused-ring (bicyclic) bond motifs is 1. The summed E-state index contributed by atoms with van der Waals surface area (Å²) in [5.41, 5.74) is 1.83. The Morgan fingerprint density at radius 2 is 1.90 bits per heavy atom. The summed E-state index contributed by atoms with van der Waals surface area (Å²) < 4.78 is 7.18. The van der Waals surface area contributed by atoms with Gasteiger partial charge in [-0.05, 0) is 42.8 Å². The molecule has 1 aliphatic rings. The number of nitrogens with zero attached hydrogens (tertiary/aromatic N) is 6. The highest BCUT2D eigenvalue weighted by Gasteiger charge is 2.31. The molecule has 1 fully saturated rings. The minimum Gasteiger partial charge on any atom is -0.489 e. The van der Waals surface area contributed by atoms with Crippen molar-refractivity contribution in [3.8, 4) is 5.75 Å². The van der Waals surface area contributed by atoms with Crippen molar-refractivity contribution < 1.29 is 14.6 Å². The van der Waals surface area contributed by atoms with E-state index in [1.807, 2.05) is 79.5 Å². The minimum absolute atomic E-state index is 0.0266. The summed E-state index contributed by atoms with van der Waals surface area (Å²) in [4.78, 5) is 24.9. The first-order valence-corrected chi connectivity index (χ1v) is 14.0. The topological polar surface area (TPSA) is 117 Å². The van der Waals surface area contributed by atoms with Gasteiger partial charge in [-0.3, -0.25) is 0 Å². The van der Waals surface area contributed by atoms with E-state index in [-0.39, 0.29) is 11.8 Å². The quantitative estimate of drug-likeness (QED) is 0.244. The van der Waals surface area contributed by atoms with Crippen LogP contribution in [0.3, 0.4) is 0 Å². The average Bonchev–Trinajstić information content (AvgIpc) is 3.68. The number of ether oxygens (including phenoxy) is 1. The zero-order valence-electron chi connectivity index (χ0n) is 21.2. The van der Waals surface area contributed by atoms with E-state index in [0.29, 0.717) is 34.9 Å². The number of hydrogen-bond acceptors (Lipinski definition) is 11. The van der Waals surface area contributed by atoms with E-state index in [0.717, 1.165) is 33.1 Å². The van der Waals surface area contributed by atoms with Crippen LogP contribution >= 0.6 is 22.7 Å². The third-order valence-electron chi connectivity index (χ3n) is 6.40. The number of carboxylic acids is 1. The van der Waals surface area contributed by atoms with Crippen molar-refractivity contribution in [2.75, 3.05) is 35.3 Å². The standard InChI is InChI=1S/C27H25N7O3S2/c1-16-14-21(31-32-23(16)30-26-28-19-10-6-7-11-20(19)38-26)33(2)27-29-22(25(35)36)24(39-27)34-13-12-18(15-34)37-17-8-4-3-5-9-17/h3-11,14,18H,12-13,15H2,1-2H3,(H,35,36)(H,28,30,32)/t18-/m0/s1. The number of nitrogens with one attached hydrogen (secondary N) is 1. The third kappa shape index (κ3) is 5.20. The van der Waals surface area contributed by atoms with Gasteiger partial charge in [0.2, 0.25) is 0 Å². The van der Waals surface area contributed by atoms with Gasteiger partial charge in [-0.25, -0.2) is 14.8 Å². The molecule has 39 heavy (non-hydrogen) atoms. The summed E-state index contributed by atoms with van der Waals surface area (Å²) in [7, 11) is 1.81. The number of thiazole rings is 2. The zero-order valence-corrected chi connectivity index (χ0v) is 22.9. The molecule has 198 valence electrons.